The van der Waals surface area contributed by atoms with Crippen molar-refractivity contribution in [3.05, 3.63) is 47.5 Å². The van der Waals surface area contributed by atoms with Gasteiger partial charge in [0.15, 0.2) is 5.13 Å². The van der Waals surface area contributed by atoms with Crippen molar-refractivity contribution in [1.82, 2.24) is 10.3 Å². The third-order valence-corrected chi connectivity index (χ3v) is 4.45. The molecule has 0 aliphatic heterocycles. The number of rotatable bonds is 6. The van der Waals surface area contributed by atoms with Gasteiger partial charge in [0.2, 0.25) is 11.8 Å². The zero-order valence-electron chi connectivity index (χ0n) is 15.7. The molecule has 138 valence electrons. The highest BCUT2D eigenvalue weighted by molar-refractivity contribution is 7.14. The van der Waals surface area contributed by atoms with Gasteiger partial charge in [-0.1, -0.05) is 39.0 Å². The van der Waals surface area contributed by atoms with E-state index in [0.29, 0.717) is 17.4 Å². The minimum absolute atomic E-state index is 0.110. The molecule has 0 saturated heterocycles. The van der Waals surface area contributed by atoms with Crippen LogP contribution < -0.4 is 10.2 Å². The molecule has 1 aromatic heterocycles. The average molecular weight is 372 g/mol. The van der Waals surface area contributed by atoms with Crippen LogP contribution in [0.2, 0.25) is 0 Å². The molecule has 0 atom stereocenters. The topological polar surface area (TPSA) is 62.3 Å². The number of nitrogens with one attached hydrogen (secondary N) is 1. The van der Waals surface area contributed by atoms with Crippen molar-refractivity contribution in [2.75, 3.05) is 11.4 Å². The lowest BCUT2D eigenvalue weighted by Gasteiger charge is -2.17. The third-order valence-electron chi connectivity index (χ3n) is 3.61. The minimum Gasteiger partial charge on any atom is -0.353 e. The molecule has 6 heteroatoms. The van der Waals surface area contributed by atoms with Crippen molar-refractivity contribution in [2.45, 2.75) is 34.1 Å². The predicted molar refractivity (Wildman–Crippen MR) is 107 cm³/mol. The van der Waals surface area contributed by atoms with Gasteiger partial charge >= 0.3 is 0 Å². The predicted octanol–water partition coefficient (Wildman–Crippen LogP) is 4.39. The minimum atomic E-state index is -0.143. The molecule has 0 aliphatic rings. The Balaban J connectivity index is 2.02. The lowest BCUT2D eigenvalue weighted by molar-refractivity contribution is -0.117. The second-order valence-electron chi connectivity index (χ2n) is 7.18. The van der Waals surface area contributed by atoms with E-state index in [9.17, 15) is 9.59 Å². The molecule has 0 fully saturated rings. The second-order valence-corrected chi connectivity index (χ2v) is 8.02. The summed E-state index contributed by atoms with van der Waals surface area (Å²) in [6.07, 6.45) is 4.05. The Morgan fingerprint density at radius 3 is 2.54 bits per heavy atom. The Morgan fingerprint density at radius 1 is 1.23 bits per heavy atom. The van der Waals surface area contributed by atoms with Crippen molar-refractivity contribution in [3.8, 4) is 0 Å². The fraction of sp³-hybridized carbons (Fsp3) is 0.350. The van der Waals surface area contributed by atoms with Crippen LogP contribution in [0.4, 0.5) is 10.8 Å². The summed E-state index contributed by atoms with van der Waals surface area (Å²) in [5.41, 5.74) is 1.61. The number of carbonyl (C=O) groups excluding carboxylic acids is 2. The maximum Gasteiger partial charge on any atom is 0.244 e. The molecule has 1 heterocycles. The van der Waals surface area contributed by atoms with Gasteiger partial charge in [0.25, 0.3) is 0 Å². The molecule has 0 saturated carbocycles. The van der Waals surface area contributed by atoms with Crippen LogP contribution >= 0.6 is 11.3 Å². The molecule has 0 spiro atoms. The highest BCUT2D eigenvalue weighted by atomic mass is 32.1. The van der Waals surface area contributed by atoms with Crippen molar-refractivity contribution in [2.24, 2.45) is 5.41 Å². The summed E-state index contributed by atoms with van der Waals surface area (Å²) in [5.74, 6) is -0.253. The number of nitrogens with zero attached hydrogens (tertiary/aromatic N) is 2. The number of para-hydroxylation sites is 1. The monoisotopic (exact) mass is 371 g/mol. The van der Waals surface area contributed by atoms with Gasteiger partial charge < -0.3 is 5.32 Å². The van der Waals surface area contributed by atoms with E-state index >= 15 is 0 Å². The van der Waals surface area contributed by atoms with Crippen LogP contribution in [0.3, 0.4) is 0 Å². The summed E-state index contributed by atoms with van der Waals surface area (Å²) in [4.78, 5) is 29.9. The summed E-state index contributed by atoms with van der Waals surface area (Å²) >= 11 is 1.36. The van der Waals surface area contributed by atoms with Crippen LogP contribution in [-0.4, -0.2) is 23.3 Å². The molecule has 0 unspecified atom stereocenters. The second kappa shape index (κ2) is 8.76. The Hall–Kier alpha value is -2.47. The summed E-state index contributed by atoms with van der Waals surface area (Å²) in [7, 11) is 0. The first-order valence-electron chi connectivity index (χ1n) is 8.53. The summed E-state index contributed by atoms with van der Waals surface area (Å²) in [6.45, 7) is 8.56. The van der Waals surface area contributed by atoms with Crippen LogP contribution in [0.1, 0.15) is 39.8 Å². The Labute approximate surface area is 158 Å². The van der Waals surface area contributed by atoms with Crippen LogP contribution in [0.5, 0.6) is 0 Å². The molecule has 1 aromatic carbocycles. The van der Waals surface area contributed by atoms with Gasteiger partial charge in [-0.3, -0.25) is 14.5 Å². The van der Waals surface area contributed by atoms with E-state index in [1.807, 2.05) is 35.7 Å². The first-order valence-corrected chi connectivity index (χ1v) is 9.41. The first-order chi connectivity index (χ1) is 12.3. The van der Waals surface area contributed by atoms with Gasteiger partial charge in [-0.15, -0.1) is 11.3 Å². The average Bonchev–Trinajstić information content (AvgIpc) is 3.01. The number of hydrogen-bond donors (Lipinski definition) is 1. The third kappa shape index (κ3) is 6.11. The lowest BCUT2D eigenvalue weighted by Crippen LogP contribution is -2.25. The molecule has 0 bridgehead atoms. The lowest BCUT2D eigenvalue weighted by atomic mass is 9.92. The Kier molecular flexibility index (Phi) is 6.69. The number of amides is 2. The van der Waals surface area contributed by atoms with Crippen molar-refractivity contribution in [3.63, 3.8) is 0 Å². The smallest absolute Gasteiger partial charge is 0.244 e. The van der Waals surface area contributed by atoms with E-state index < -0.39 is 0 Å². The number of benzene rings is 1. The molecular weight excluding hydrogens is 346 g/mol. The maximum absolute atomic E-state index is 12.0. The molecular formula is C20H25N3O2S. The largest absolute Gasteiger partial charge is 0.353 e. The van der Waals surface area contributed by atoms with Crippen LogP contribution in [0, 0.1) is 5.41 Å². The number of aromatic nitrogens is 1. The number of hydrogen-bond acceptors (Lipinski definition) is 4. The van der Waals surface area contributed by atoms with E-state index in [4.69, 9.17) is 0 Å². The highest BCUT2D eigenvalue weighted by Crippen LogP contribution is 2.29. The highest BCUT2D eigenvalue weighted by Gasteiger charge is 2.17. The normalized spacial score (nSPS) is 11.5. The number of thiazole rings is 1. The summed E-state index contributed by atoms with van der Waals surface area (Å²) in [5, 5.41) is 5.28. The summed E-state index contributed by atoms with van der Waals surface area (Å²) < 4.78 is 0. The molecule has 0 radical (unpaired) electrons. The van der Waals surface area contributed by atoms with Crippen molar-refractivity contribution >= 4 is 40.0 Å². The van der Waals surface area contributed by atoms with E-state index in [-0.39, 0.29) is 17.2 Å². The zero-order valence-corrected chi connectivity index (χ0v) is 16.5. The van der Waals surface area contributed by atoms with Crippen molar-refractivity contribution in [1.29, 1.82) is 0 Å². The molecule has 2 rings (SSSR count). The van der Waals surface area contributed by atoms with Gasteiger partial charge in [0.05, 0.1) is 11.4 Å². The van der Waals surface area contributed by atoms with E-state index in [2.05, 4.69) is 31.1 Å². The molecule has 26 heavy (non-hydrogen) atoms. The zero-order chi connectivity index (χ0) is 19.2. The van der Waals surface area contributed by atoms with Gasteiger partial charge in [-0.2, -0.15) is 0 Å². The van der Waals surface area contributed by atoms with Crippen LogP contribution in [0.25, 0.3) is 6.08 Å². The van der Waals surface area contributed by atoms with E-state index in [0.717, 1.165) is 12.1 Å². The molecule has 1 N–H and O–H groups in total. The van der Waals surface area contributed by atoms with Crippen LogP contribution in [0.15, 0.2) is 41.8 Å². The van der Waals surface area contributed by atoms with Gasteiger partial charge in [0.1, 0.15) is 0 Å². The van der Waals surface area contributed by atoms with E-state index in [1.54, 1.807) is 11.0 Å². The Bertz CT molecular complexity index is 776. The molecule has 0 aliphatic carbocycles. The summed E-state index contributed by atoms with van der Waals surface area (Å²) in [6, 6.07) is 9.38. The molecule has 5 nitrogen and oxygen atoms in total. The quantitative estimate of drug-likeness (QED) is 0.766. The first kappa shape index (κ1) is 19.8. The SMILES string of the molecule is CC(=O)N(c1ccccc1)c1nc(/C=C/C(=O)NCCC(C)(C)C)cs1. The number of carbonyl (C=O) groups is 2. The number of anilines is 2. The van der Waals surface area contributed by atoms with E-state index in [1.165, 1.54) is 24.3 Å². The fourth-order valence-electron chi connectivity index (χ4n) is 2.24. The standard InChI is InChI=1S/C20H25N3O2S/c1-15(24)23(17-8-6-5-7-9-17)19-22-16(14-26-19)10-11-18(25)21-13-12-20(2,3)4/h5-11,14H,12-13H2,1-4H3,(H,21,25)/b11-10+. The van der Waals surface area contributed by atoms with Gasteiger partial charge in [-0.25, -0.2) is 4.98 Å². The van der Waals surface area contributed by atoms with Crippen LogP contribution in [-0.2, 0) is 9.59 Å². The molecule has 2 amide bonds. The van der Waals surface area contributed by atoms with Crippen molar-refractivity contribution < 1.29 is 9.59 Å². The fourth-order valence-corrected chi connectivity index (χ4v) is 3.10. The Morgan fingerprint density at radius 2 is 1.92 bits per heavy atom. The van der Waals surface area contributed by atoms with Gasteiger partial charge in [0, 0.05) is 24.9 Å². The van der Waals surface area contributed by atoms with Gasteiger partial charge in [-0.05, 0) is 30.0 Å². The maximum atomic E-state index is 12.0. The molecule has 2 aromatic rings.